The Hall–Kier alpha value is -0.0900. The van der Waals surface area contributed by atoms with Gasteiger partial charge < -0.3 is 5.11 Å². The van der Waals surface area contributed by atoms with Gasteiger partial charge in [-0.2, -0.15) is 0 Å². The van der Waals surface area contributed by atoms with Gasteiger partial charge in [0, 0.05) is 10.6 Å². The molecule has 1 atom stereocenters. The van der Waals surface area contributed by atoms with Gasteiger partial charge in [0.25, 0.3) is 0 Å². The highest BCUT2D eigenvalue weighted by atomic mass is 32.2. The highest BCUT2D eigenvalue weighted by molar-refractivity contribution is 7.74. The monoisotopic (exact) mass is 165 g/mol. The van der Waals surface area contributed by atoms with Crippen molar-refractivity contribution in [2.24, 2.45) is 4.36 Å². The molecule has 3 nitrogen and oxygen atoms in total. The van der Waals surface area contributed by atoms with Crippen LogP contribution in [0.25, 0.3) is 0 Å². The van der Waals surface area contributed by atoms with Crippen molar-refractivity contribution in [3.8, 4) is 0 Å². The summed E-state index contributed by atoms with van der Waals surface area (Å²) in [5.41, 5.74) is -0.247. The fourth-order valence-corrected chi connectivity index (χ4v) is 1.41. The van der Waals surface area contributed by atoms with E-state index in [1.165, 1.54) is 0 Å². The summed E-state index contributed by atoms with van der Waals surface area (Å²) in [6.45, 7) is 5.61. The van der Waals surface area contributed by atoms with Gasteiger partial charge in [-0.3, -0.25) is 4.21 Å². The fraction of sp³-hybridized carbons (Fsp3) is 1.00. The number of aliphatic hydroxyl groups excluding tert-OH is 1. The molecule has 62 valence electrons. The van der Waals surface area contributed by atoms with Gasteiger partial charge in [-0.1, -0.05) is 0 Å². The van der Waals surface area contributed by atoms with Crippen LogP contribution >= 0.6 is 0 Å². The molecule has 0 aromatic rings. The predicted octanol–water partition coefficient (Wildman–Crippen LogP) is 0.442. The smallest absolute Gasteiger partial charge is 0.0616 e. The largest absolute Gasteiger partial charge is 0.395 e. The summed E-state index contributed by atoms with van der Waals surface area (Å²) in [4.78, 5) is 0. The van der Waals surface area contributed by atoms with Crippen LogP contribution < -0.4 is 0 Å². The minimum atomic E-state index is -1.54. The van der Waals surface area contributed by atoms with Gasteiger partial charge in [0.05, 0.1) is 17.9 Å². The average molecular weight is 165 g/mol. The first-order chi connectivity index (χ1) is 4.45. The van der Waals surface area contributed by atoms with Gasteiger partial charge in [-0.25, -0.2) is 4.36 Å². The molecule has 0 fully saturated rings. The van der Waals surface area contributed by atoms with Gasteiger partial charge in [0.1, 0.15) is 0 Å². The molecule has 4 heteroatoms. The summed E-state index contributed by atoms with van der Waals surface area (Å²) in [6, 6.07) is 0. The normalized spacial score (nSPS) is 15.6. The molecule has 0 heterocycles. The second-order valence-electron chi connectivity index (χ2n) is 3.07. The first kappa shape index (κ1) is 9.91. The van der Waals surface area contributed by atoms with Crippen LogP contribution in [0, 0.1) is 0 Å². The minimum Gasteiger partial charge on any atom is -0.395 e. The number of rotatable bonds is 2. The molecule has 0 bridgehead atoms. The zero-order chi connectivity index (χ0) is 8.20. The summed E-state index contributed by atoms with van der Waals surface area (Å²) in [6.07, 6.45) is 0. The van der Waals surface area contributed by atoms with E-state index in [9.17, 15) is 4.21 Å². The van der Waals surface area contributed by atoms with Crippen molar-refractivity contribution in [3.05, 3.63) is 0 Å². The molecule has 0 radical (unpaired) electrons. The topological polar surface area (TPSA) is 49.7 Å². The summed E-state index contributed by atoms with van der Waals surface area (Å²) in [5.74, 6) is 0.284. The Morgan fingerprint density at radius 3 is 2.30 bits per heavy atom. The van der Waals surface area contributed by atoms with E-state index >= 15 is 0 Å². The average Bonchev–Trinajstić information content (AvgIpc) is 1.59. The maximum atomic E-state index is 10.9. The highest BCUT2D eigenvalue weighted by Crippen LogP contribution is 2.05. The van der Waals surface area contributed by atoms with Crippen molar-refractivity contribution in [3.63, 3.8) is 0 Å². The van der Waals surface area contributed by atoms with Crippen LogP contribution in [-0.4, -0.2) is 27.2 Å². The van der Waals surface area contributed by atoms with E-state index in [4.69, 9.17) is 5.11 Å². The molecule has 0 saturated heterocycles. The van der Waals surface area contributed by atoms with Crippen molar-refractivity contribution >= 4 is 10.6 Å². The van der Waals surface area contributed by atoms with Crippen molar-refractivity contribution in [1.29, 1.82) is 0 Å². The quantitative estimate of drug-likeness (QED) is 0.583. The maximum absolute atomic E-state index is 10.9. The third-order valence-electron chi connectivity index (χ3n) is 0.703. The van der Waals surface area contributed by atoms with Gasteiger partial charge in [-0.05, 0) is 20.8 Å². The molecule has 0 aromatic carbocycles. The van der Waals surface area contributed by atoms with E-state index in [2.05, 4.69) is 4.36 Å². The lowest BCUT2D eigenvalue weighted by molar-refractivity contribution is 0.321. The molecule has 0 aliphatic rings. The molecular formula is C6H15NO2S. The third kappa shape index (κ3) is 6.04. The summed E-state index contributed by atoms with van der Waals surface area (Å²) >= 11 is 0. The van der Waals surface area contributed by atoms with Crippen LogP contribution in [0.5, 0.6) is 0 Å². The molecule has 0 saturated carbocycles. The lowest BCUT2D eigenvalue weighted by atomic mass is 10.1. The van der Waals surface area contributed by atoms with Crippen molar-refractivity contribution < 1.29 is 9.32 Å². The van der Waals surface area contributed by atoms with E-state index in [-0.39, 0.29) is 17.9 Å². The number of hydrogen-bond donors (Lipinski definition) is 2. The zero-order valence-corrected chi connectivity index (χ0v) is 7.56. The van der Waals surface area contributed by atoms with E-state index < -0.39 is 10.6 Å². The van der Waals surface area contributed by atoms with E-state index in [0.29, 0.717) is 0 Å². The number of hydrogen-bond acceptors (Lipinski definition) is 3. The Labute approximate surface area is 63.7 Å². The Morgan fingerprint density at radius 1 is 1.50 bits per heavy atom. The predicted molar refractivity (Wildman–Crippen MR) is 43.7 cm³/mol. The Bertz CT molecular complexity index is 165. The summed E-state index contributed by atoms with van der Waals surface area (Å²) < 4.78 is 14.8. The lowest BCUT2D eigenvalue weighted by Crippen LogP contribution is -2.10. The van der Waals surface area contributed by atoms with Crippen molar-refractivity contribution in [2.45, 2.75) is 26.3 Å². The number of nitrogens with zero attached hydrogens (tertiary/aromatic N) is 1. The molecule has 1 N–H and O–H groups in total. The molecule has 0 spiro atoms. The van der Waals surface area contributed by atoms with E-state index in [0.717, 1.165) is 0 Å². The molecule has 1 unspecified atom stereocenters. The first-order valence-electron chi connectivity index (χ1n) is 3.24. The highest BCUT2D eigenvalue weighted by Gasteiger charge is 2.05. The van der Waals surface area contributed by atoms with Crippen LogP contribution in [0.2, 0.25) is 0 Å². The number of thiol groups is 1. The lowest BCUT2D eigenvalue weighted by Gasteiger charge is -2.09. The second-order valence-corrected chi connectivity index (χ2v) is 4.42. The van der Waals surface area contributed by atoms with Gasteiger partial charge in [0.15, 0.2) is 0 Å². The second kappa shape index (κ2) is 3.93. The standard InChI is InChI=1S/C6H15NO2S/c1-6(2,3)7-10(9)5-4-8/h8,10H,4-5H2,1-3H3. The van der Waals surface area contributed by atoms with Gasteiger partial charge >= 0.3 is 0 Å². The third-order valence-corrected chi connectivity index (χ3v) is 2.11. The fourth-order valence-electron chi connectivity index (χ4n) is 0.470. The number of aliphatic hydroxyl groups is 1. The Morgan fingerprint density at radius 2 is 2.00 bits per heavy atom. The zero-order valence-electron chi connectivity index (χ0n) is 6.66. The molecular weight excluding hydrogens is 150 g/mol. The Kier molecular flexibility index (Phi) is 3.89. The van der Waals surface area contributed by atoms with E-state index in [1.807, 2.05) is 20.8 Å². The molecule has 0 aliphatic carbocycles. The van der Waals surface area contributed by atoms with Gasteiger partial charge in [0.2, 0.25) is 0 Å². The van der Waals surface area contributed by atoms with Gasteiger partial charge in [-0.15, -0.1) is 0 Å². The first-order valence-corrected chi connectivity index (χ1v) is 4.64. The SMILES string of the molecule is CC(C)(C)N=[SH](=O)CCO. The van der Waals surface area contributed by atoms with Crippen LogP contribution in [0.15, 0.2) is 4.36 Å². The van der Waals surface area contributed by atoms with Crippen LogP contribution in [-0.2, 0) is 10.6 Å². The van der Waals surface area contributed by atoms with Crippen LogP contribution in [0.1, 0.15) is 20.8 Å². The summed E-state index contributed by atoms with van der Waals surface area (Å²) in [5, 5.41) is 8.39. The van der Waals surface area contributed by atoms with Crippen molar-refractivity contribution in [1.82, 2.24) is 0 Å². The van der Waals surface area contributed by atoms with Crippen LogP contribution in [0.4, 0.5) is 0 Å². The Balaban J connectivity index is 4.04. The molecule has 0 aliphatic heterocycles. The minimum absolute atomic E-state index is 0.0468. The molecule has 0 amide bonds. The summed E-state index contributed by atoms with van der Waals surface area (Å²) in [7, 11) is -1.54. The molecule has 10 heavy (non-hydrogen) atoms. The van der Waals surface area contributed by atoms with Crippen molar-refractivity contribution in [2.75, 3.05) is 12.4 Å². The van der Waals surface area contributed by atoms with Crippen LogP contribution in [0.3, 0.4) is 0 Å². The van der Waals surface area contributed by atoms with E-state index in [1.54, 1.807) is 0 Å². The maximum Gasteiger partial charge on any atom is 0.0616 e. The molecule has 0 aromatic heterocycles. The molecule has 0 rings (SSSR count).